The van der Waals surface area contributed by atoms with Crippen molar-refractivity contribution in [3.63, 3.8) is 0 Å². The van der Waals surface area contributed by atoms with E-state index in [0.29, 0.717) is 23.5 Å². The van der Waals surface area contributed by atoms with Gasteiger partial charge in [0.05, 0.1) is 34.0 Å². The molecule has 11 atom stereocenters. The lowest BCUT2D eigenvalue weighted by Gasteiger charge is -2.40. The third-order valence-electron chi connectivity index (χ3n) is 8.10. The summed E-state index contributed by atoms with van der Waals surface area (Å²) >= 11 is 0. The van der Waals surface area contributed by atoms with Crippen molar-refractivity contribution in [2.24, 2.45) is 0 Å². The number of aliphatic hydroxyl groups is 8. The smallest absolute Gasteiger partial charge is 0.229 e. The predicted molar refractivity (Wildman–Crippen MR) is 147 cm³/mol. The van der Waals surface area contributed by atoms with Crippen LogP contribution in [-0.4, -0.2) is 136 Å². The molecule has 2 aromatic carbocycles. The molecule has 5 rings (SSSR count). The zero-order valence-electron chi connectivity index (χ0n) is 24.0. The van der Waals surface area contributed by atoms with Gasteiger partial charge in [0.15, 0.2) is 11.5 Å². The first-order valence-corrected chi connectivity index (χ1v) is 14.1. The summed E-state index contributed by atoms with van der Waals surface area (Å²) in [4.78, 5) is 0. The molecule has 44 heavy (non-hydrogen) atoms. The Balaban J connectivity index is 1.37. The molecular weight excluding hydrogens is 588 g/mol. The maximum Gasteiger partial charge on any atom is 0.229 e. The highest BCUT2D eigenvalue weighted by atomic mass is 16.7. The summed E-state index contributed by atoms with van der Waals surface area (Å²) in [6, 6.07) is 8.39. The minimum atomic E-state index is -1.65. The highest BCUT2D eigenvalue weighted by Crippen LogP contribution is 2.46. The Morgan fingerprint density at radius 2 is 1.32 bits per heavy atom. The Hall–Kier alpha value is -2.96. The zero-order chi connectivity index (χ0) is 31.7. The summed E-state index contributed by atoms with van der Waals surface area (Å²) in [7, 11) is 2.85. The molecule has 2 fully saturated rings. The van der Waals surface area contributed by atoms with Crippen molar-refractivity contribution in [2.75, 3.05) is 34.0 Å². The van der Waals surface area contributed by atoms with Crippen molar-refractivity contribution in [1.29, 1.82) is 0 Å². The molecule has 3 heterocycles. The number of fused-ring (bicyclic) bond motifs is 1. The van der Waals surface area contributed by atoms with Crippen molar-refractivity contribution in [3.8, 4) is 28.7 Å². The summed E-state index contributed by atoms with van der Waals surface area (Å²) in [5.41, 5.74) is 1.39. The molecule has 0 spiro atoms. The van der Waals surface area contributed by atoms with Gasteiger partial charge in [0.1, 0.15) is 60.3 Å². The van der Waals surface area contributed by atoms with Crippen LogP contribution in [0.15, 0.2) is 30.3 Å². The molecule has 0 aromatic heterocycles. The normalized spacial score (nSPS) is 35.3. The number of benzene rings is 2. The van der Waals surface area contributed by atoms with E-state index in [1.807, 2.05) is 0 Å². The lowest BCUT2D eigenvalue weighted by Crippen LogP contribution is -2.60. The molecule has 3 aliphatic heterocycles. The van der Waals surface area contributed by atoms with E-state index in [-0.39, 0.29) is 29.8 Å². The number of aliphatic hydroxyl groups excluding tert-OH is 8. The van der Waals surface area contributed by atoms with Gasteiger partial charge in [-0.1, -0.05) is 12.1 Å². The third kappa shape index (κ3) is 6.12. The van der Waals surface area contributed by atoms with Gasteiger partial charge < -0.3 is 74.0 Å². The predicted octanol–water partition coefficient (Wildman–Crippen LogP) is -2.22. The van der Waals surface area contributed by atoms with Gasteiger partial charge in [-0.05, 0) is 24.1 Å². The summed E-state index contributed by atoms with van der Waals surface area (Å²) in [5.74, 6) is 1.10. The second kappa shape index (κ2) is 13.6. The van der Waals surface area contributed by atoms with Crippen LogP contribution in [0.3, 0.4) is 0 Å². The minimum Gasteiger partial charge on any atom is -0.493 e. The largest absolute Gasteiger partial charge is 0.493 e. The van der Waals surface area contributed by atoms with E-state index >= 15 is 0 Å². The maximum atomic E-state index is 10.6. The Morgan fingerprint density at radius 3 is 1.89 bits per heavy atom. The summed E-state index contributed by atoms with van der Waals surface area (Å²) in [5, 5.41) is 80.5. The lowest BCUT2D eigenvalue weighted by atomic mass is 9.89. The quantitative estimate of drug-likeness (QED) is 0.148. The van der Waals surface area contributed by atoms with Gasteiger partial charge in [0, 0.05) is 17.5 Å². The van der Waals surface area contributed by atoms with Crippen LogP contribution in [0, 0.1) is 0 Å². The molecule has 0 saturated carbocycles. The number of hydrogen-bond acceptors (Lipinski definition) is 15. The number of ether oxygens (including phenoxy) is 7. The molecule has 0 aliphatic carbocycles. The van der Waals surface area contributed by atoms with Gasteiger partial charge >= 0.3 is 0 Å². The topological polar surface area (TPSA) is 226 Å². The molecule has 0 bridgehead atoms. The third-order valence-corrected chi connectivity index (χ3v) is 8.10. The van der Waals surface area contributed by atoms with Crippen LogP contribution in [0.5, 0.6) is 28.7 Å². The van der Waals surface area contributed by atoms with E-state index in [2.05, 4.69) is 0 Å². The highest BCUT2D eigenvalue weighted by Gasteiger charge is 2.46. The molecule has 2 saturated heterocycles. The van der Waals surface area contributed by atoms with Crippen molar-refractivity contribution in [3.05, 3.63) is 41.5 Å². The van der Waals surface area contributed by atoms with Crippen LogP contribution in [0.4, 0.5) is 0 Å². The lowest BCUT2D eigenvalue weighted by molar-refractivity contribution is -0.277. The molecule has 244 valence electrons. The summed E-state index contributed by atoms with van der Waals surface area (Å²) < 4.78 is 39.9. The first-order chi connectivity index (χ1) is 21.1. The van der Waals surface area contributed by atoms with E-state index in [1.54, 1.807) is 30.3 Å². The molecule has 0 amide bonds. The number of methoxy groups -OCH3 is 2. The molecular formula is C29H38O15. The van der Waals surface area contributed by atoms with Gasteiger partial charge in [0.25, 0.3) is 0 Å². The number of hydrogen-bond donors (Lipinski definition) is 8. The Morgan fingerprint density at radius 1 is 0.705 bits per heavy atom. The van der Waals surface area contributed by atoms with E-state index in [1.165, 1.54) is 14.2 Å². The molecule has 2 aromatic rings. The molecule has 0 unspecified atom stereocenters. The van der Waals surface area contributed by atoms with Gasteiger partial charge in [-0.2, -0.15) is 0 Å². The van der Waals surface area contributed by atoms with Crippen LogP contribution in [-0.2, 0) is 15.9 Å². The molecule has 0 radical (unpaired) electrons. The fourth-order valence-electron chi connectivity index (χ4n) is 5.56. The van der Waals surface area contributed by atoms with Crippen molar-refractivity contribution in [2.45, 2.75) is 73.8 Å². The number of rotatable bonds is 9. The minimum absolute atomic E-state index is 0.149. The maximum absolute atomic E-state index is 10.6. The van der Waals surface area contributed by atoms with Crippen molar-refractivity contribution >= 4 is 0 Å². The van der Waals surface area contributed by atoms with Crippen molar-refractivity contribution < 1.29 is 74.0 Å². The fraction of sp³-hybridized carbons (Fsp3) is 0.586. The zero-order valence-corrected chi connectivity index (χ0v) is 24.0. The molecule has 8 N–H and O–H groups in total. The molecule has 15 nitrogen and oxygen atoms in total. The van der Waals surface area contributed by atoms with Crippen molar-refractivity contribution in [1.82, 2.24) is 0 Å². The Labute approximate surface area is 252 Å². The summed E-state index contributed by atoms with van der Waals surface area (Å²) in [6.07, 6.45) is -14.2. The molecule has 15 heteroatoms. The van der Waals surface area contributed by atoms with Crippen LogP contribution in [0.25, 0.3) is 0 Å². The average Bonchev–Trinajstić information content (AvgIpc) is 3.04. The summed E-state index contributed by atoms with van der Waals surface area (Å²) in [6.45, 7) is -1.04. The SMILES string of the molecule is COc1ccc([C@@H]2COc3cc(O[C@@H]4O[C@H](CO)[C@@H](O)[C@H](O)[C@H]4O)ccc3C2)c(O[C@@H]2O[C@H](CO)[C@@H](O)[C@H](O)[C@H]2O)c1OC. The second-order valence-corrected chi connectivity index (χ2v) is 10.8. The second-order valence-electron chi connectivity index (χ2n) is 10.8. The van der Waals surface area contributed by atoms with Gasteiger partial charge in [-0.3, -0.25) is 0 Å². The van der Waals surface area contributed by atoms with E-state index in [4.69, 9.17) is 33.2 Å². The monoisotopic (exact) mass is 626 g/mol. The Kier molecular flexibility index (Phi) is 10.0. The average molecular weight is 627 g/mol. The van der Waals surface area contributed by atoms with Crippen LogP contribution < -0.4 is 23.7 Å². The first kappa shape index (κ1) is 32.4. The van der Waals surface area contributed by atoms with Gasteiger partial charge in [0.2, 0.25) is 18.3 Å². The fourth-order valence-corrected chi connectivity index (χ4v) is 5.56. The molecule has 3 aliphatic rings. The van der Waals surface area contributed by atoms with E-state index in [0.717, 1.165) is 5.56 Å². The Bertz CT molecular complexity index is 1270. The van der Waals surface area contributed by atoms with Crippen LogP contribution in [0.1, 0.15) is 17.0 Å². The first-order valence-electron chi connectivity index (χ1n) is 14.1. The van der Waals surface area contributed by atoms with E-state index < -0.39 is 74.6 Å². The van der Waals surface area contributed by atoms with Crippen LogP contribution >= 0.6 is 0 Å². The van der Waals surface area contributed by atoms with Gasteiger partial charge in [-0.25, -0.2) is 0 Å². The van der Waals surface area contributed by atoms with Crippen LogP contribution in [0.2, 0.25) is 0 Å². The van der Waals surface area contributed by atoms with E-state index in [9.17, 15) is 40.9 Å². The van der Waals surface area contributed by atoms with Gasteiger partial charge in [-0.15, -0.1) is 0 Å². The highest BCUT2D eigenvalue weighted by molar-refractivity contribution is 5.58. The standard InChI is InChI=1S/C29H38O15/c1-38-16-6-5-15(26(27(16)39-2)44-29-25(37)23(35)21(33)19(10-31)43-29)13-7-12-3-4-14(8-17(12)40-11-13)41-28-24(36)22(34)20(32)18(9-30)42-28/h3-6,8,13,18-25,28-37H,7,9-11H2,1-2H3/t13-,18+,19+,20+,21+,22-,23-,24+,25+,28+,29-/m0/s1.